The second kappa shape index (κ2) is 8.47. The summed E-state index contributed by atoms with van der Waals surface area (Å²) < 4.78 is 32.6. The molecule has 0 spiro atoms. The summed E-state index contributed by atoms with van der Waals surface area (Å²) in [6, 6.07) is 4.41. The molecule has 0 bridgehead atoms. The molecule has 0 saturated heterocycles. The second-order valence-corrected chi connectivity index (χ2v) is 8.36. The van der Waals surface area contributed by atoms with Gasteiger partial charge in [-0.05, 0) is 53.9 Å². The van der Waals surface area contributed by atoms with E-state index in [1.165, 1.54) is 12.1 Å². The normalized spacial score (nSPS) is 13.9. The monoisotopic (exact) mass is 498 g/mol. The summed E-state index contributed by atoms with van der Waals surface area (Å²) >= 11 is 9.19. The minimum atomic E-state index is -3.06. The maximum absolute atomic E-state index is 13.1. The maximum Gasteiger partial charge on any atom is 0.387 e. The minimum absolute atomic E-state index is 0.0306. The van der Waals surface area contributed by atoms with E-state index >= 15 is 0 Å². The lowest BCUT2D eigenvalue weighted by atomic mass is 10.1. The number of ether oxygens (including phenoxy) is 1. The number of hydrogen-bond donors (Lipinski definition) is 1. The number of imidazole rings is 1. The average molecular weight is 500 g/mol. The number of aryl methyl sites for hydroxylation is 3. The van der Waals surface area contributed by atoms with E-state index in [1.807, 2.05) is 0 Å². The minimum Gasteiger partial charge on any atom is -0.431 e. The molecule has 0 radical (unpaired) electrons. The van der Waals surface area contributed by atoms with Crippen LogP contribution in [-0.2, 0) is 13.0 Å². The lowest BCUT2D eigenvalue weighted by molar-refractivity contribution is -0.0498. The number of rotatable bonds is 4. The number of carbonyl (C=O) groups is 1. The molecule has 0 saturated carbocycles. The Morgan fingerprint density at radius 3 is 2.83 bits per heavy atom. The summed E-state index contributed by atoms with van der Waals surface area (Å²) in [5, 5.41) is 2.89. The fourth-order valence-electron chi connectivity index (χ4n) is 3.64. The summed E-state index contributed by atoms with van der Waals surface area (Å²) in [6.45, 7) is -0.456. The van der Waals surface area contributed by atoms with Gasteiger partial charge in [0.25, 0.3) is 5.91 Å². The number of carbonyl (C=O) groups excluding carboxylic acids is 1. The molecule has 3 heterocycles. The van der Waals surface area contributed by atoms with Crippen molar-refractivity contribution < 1.29 is 18.3 Å². The van der Waals surface area contributed by atoms with Gasteiger partial charge in [-0.3, -0.25) is 4.79 Å². The van der Waals surface area contributed by atoms with Crippen molar-refractivity contribution in [3.05, 3.63) is 44.8 Å². The Labute approximate surface area is 184 Å². The third kappa shape index (κ3) is 4.13. The average Bonchev–Trinajstić information content (AvgIpc) is 2.84. The van der Waals surface area contributed by atoms with E-state index in [4.69, 9.17) is 11.6 Å². The smallest absolute Gasteiger partial charge is 0.387 e. The molecular formula is C20H18BrClF2N4O2. The van der Waals surface area contributed by atoms with E-state index in [0.29, 0.717) is 22.4 Å². The van der Waals surface area contributed by atoms with Crippen molar-refractivity contribution in [1.29, 1.82) is 0 Å². The van der Waals surface area contributed by atoms with Gasteiger partial charge in [0, 0.05) is 23.7 Å². The zero-order valence-electron chi connectivity index (χ0n) is 16.0. The molecule has 10 heteroatoms. The van der Waals surface area contributed by atoms with Crippen LogP contribution >= 0.6 is 27.5 Å². The topological polar surface area (TPSA) is 69.0 Å². The number of nitrogens with zero attached hydrogens (tertiary/aromatic N) is 3. The summed E-state index contributed by atoms with van der Waals surface area (Å²) in [7, 11) is 0. The Bertz CT molecular complexity index is 1140. The Kier molecular flexibility index (Phi) is 5.92. The summed E-state index contributed by atoms with van der Waals surface area (Å²) in [4.78, 5) is 22.4. The number of fused-ring (bicyclic) bond motifs is 3. The van der Waals surface area contributed by atoms with Gasteiger partial charge in [-0.1, -0.05) is 18.0 Å². The van der Waals surface area contributed by atoms with Crippen molar-refractivity contribution in [2.24, 2.45) is 0 Å². The van der Waals surface area contributed by atoms with Crippen LogP contribution in [0.1, 0.15) is 41.1 Å². The molecule has 1 aromatic carbocycles. The van der Waals surface area contributed by atoms with Gasteiger partial charge in [-0.2, -0.15) is 8.78 Å². The molecule has 1 N–H and O–H groups in total. The number of anilines is 1. The van der Waals surface area contributed by atoms with Gasteiger partial charge in [0.1, 0.15) is 11.3 Å². The molecule has 1 aliphatic rings. The van der Waals surface area contributed by atoms with E-state index in [9.17, 15) is 13.6 Å². The van der Waals surface area contributed by atoms with Gasteiger partial charge in [-0.15, -0.1) is 0 Å². The highest BCUT2D eigenvalue weighted by Crippen LogP contribution is 2.38. The van der Waals surface area contributed by atoms with Crippen LogP contribution in [0.2, 0.25) is 5.02 Å². The first-order chi connectivity index (χ1) is 14.3. The number of halogens is 4. The lowest BCUT2D eigenvalue weighted by Gasteiger charge is -2.14. The zero-order valence-corrected chi connectivity index (χ0v) is 18.4. The van der Waals surface area contributed by atoms with Crippen LogP contribution < -0.4 is 10.1 Å². The van der Waals surface area contributed by atoms with Crippen LogP contribution in [0.4, 0.5) is 14.5 Å². The molecule has 6 nitrogen and oxygen atoms in total. The van der Waals surface area contributed by atoms with Crippen LogP contribution in [0, 0.1) is 6.92 Å². The van der Waals surface area contributed by atoms with Crippen LogP contribution in [0.15, 0.2) is 22.7 Å². The summed E-state index contributed by atoms with van der Waals surface area (Å²) in [5.74, 6) is 0.194. The van der Waals surface area contributed by atoms with E-state index in [-0.39, 0.29) is 20.9 Å². The van der Waals surface area contributed by atoms with Crippen LogP contribution in [0.25, 0.3) is 11.2 Å². The van der Waals surface area contributed by atoms with E-state index in [2.05, 4.69) is 40.5 Å². The first-order valence-corrected chi connectivity index (χ1v) is 10.6. The van der Waals surface area contributed by atoms with Gasteiger partial charge in [0.2, 0.25) is 0 Å². The highest BCUT2D eigenvalue weighted by atomic mass is 79.9. The number of pyridine rings is 1. The number of hydrogen-bond acceptors (Lipinski definition) is 4. The number of nitrogens with one attached hydrogen (secondary N) is 1. The molecule has 0 atom stereocenters. The van der Waals surface area contributed by atoms with Crippen molar-refractivity contribution in [3.8, 4) is 5.75 Å². The SMILES string of the molecule is Cc1cc(C(=O)Nc2cc(Cl)cc(Br)c2OC(F)F)c2nc3n(c2n1)CCCCC3. The molecule has 30 heavy (non-hydrogen) atoms. The van der Waals surface area contributed by atoms with Gasteiger partial charge in [0.05, 0.1) is 15.7 Å². The van der Waals surface area contributed by atoms with Crippen LogP contribution in [-0.4, -0.2) is 27.1 Å². The third-order valence-corrected chi connectivity index (χ3v) is 5.71. The molecule has 0 fully saturated rings. The molecule has 2 aromatic heterocycles. The standard InChI is InChI=1S/C20H18BrClF2N4O2/c1-10-7-12(16-18(25-10)28-6-4-2-3-5-15(28)27-16)19(29)26-14-9-11(22)8-13(21)17(14)30-20(23)24/h7-9,20H,2-6H2,1H3,(H,26,29). The van der Waals surface area contributed by atoms with Gasteiger partial charge < -0.3 is 14.6 Å². The van der Waals surface area contributed by atoms with Crippen LogP contribution in [0.3, 0.4) is 0 Å². The third-order valence-electron chi connectivity index (χ3n) is 4.90. The fraction of sp³-hybridized carbons (Fsp3) is 0.350. The summed E-state index contributed by atoms with van der Waals surface area (Å²) in [5.41, 5.74) is 2.16. The maximum atomic E-state index is 13.1. The predicted octanol–water partition coefficient (Wildman–Crippen LogP) is 5.74. The molecule has 4 rings (SSSR count). The first-order valence-electron chi connectivity index (χ1n) is 9.45. The molecule has 3 aromatic rings. The van der Waals surface area contributed by atoms with Crippen molar-refractivity contribution in [2.45, 2.75) is 45.8 Å². The highest BCUT2D eigenvalue weighted by molar-refractivity contribution is 9.10. The quantitative estimate of drug-likeness (QED) is 0.497. The fourth-order valence-corrected chi connectivity index (χ4v) is 4.54. The van der Waals surface area contributed by atoms with Gasteiger partial charge in [0.15, 0.2) is 11.4 Å². The van der Waals surface area contributed by atoms with E-state index < -0.39 is 12.5 Å². The van der Waals surface area contributed by atoms with Crippen molar-refractivity contribution in [2.75, 3.05) is 5.32 Å². The first kappa shape index (κ1) is 21.0. The van der Waals surface area contributed by atoms with E-state index in [0.717, 1.165) is 38.1 Å². The molecule has 0 unspecified atom stereocenters. The predicted molar refractivity (Wildman–Crippen MR) is 114 cm³/mol. The zero-order chi connectivity index (χ0) is 21.4. The van der Waals surface area contributed by atoms with Crippen molar-refractivity contribution in [3.63, 3.8) is 0 Å². The highest BCUT2D eigenvalue weighted by Gasteiger charge is 2.23. The number of amides is 1. The molecule has 1 aliphatic heterocycles. The number of aromatic nitrogens is 3. The lowest BCUT2D eigenvalue weighted by Crippen LogP contribution is -2.15. The molecular weight excluding hydrogens is 482 g/mol. The number of benzene rings is 1. The van der Waals surface area contributed by atoms with Crippen molar-refractivity contribution >= 4 is 50.3 Å². The second-order valence-electron chi connectivity index (χ2n) is 7.07. The Morgan fingerprint density at radius 2 is 2.07 bits per heavy atom. The number of alkyl halides is 2. The van der Waals surface area contributed by atoms with Gasteiger partial charge in [-0.25, -0.2) is 9.97 Å². The largest absolute Gasteiger partial charge is 0.431 e. The van der Waals surface area contributed by atoms with Gasteiger partial charge >= 0.3 is 6.61 Å². The van der Waals surface area contributed by atoms with Crippen LogP contribution in [0.5, 0.6) is 5.75 Å². The molecule has 1 amide bonds. The Hall–Kier alpha value is -2.26. The summed E-state index contributed by atoms with van der Waals surface area (Å²) in [6.07, 6.45) is 4.01. The van der Waals surface area contributed by atoms with Crippen molar-refractivity contribution in [1.82, 2.24) is 14.5 Å². The Balaban J connectivity index is 1.76. The molecule has 158 valence electrons. The Morgan fingerprint density at radius 1 is 1.27 bits per heavy atom. The molecule has 0 aliphatic carbocycles. The van der Waals surface area contributed by atoms with E-state index in [1.54, 1.807) is 13.0 Å².